The summed E-state index contributed by atoms with van der Waals surface area (Å²) < 4.78 is 10.3. The van der Waals surface area contributed by atoms with Gasteiger partial charge in [-0.2, -0.15) is 0 Å². The Hall–Kier alpha value is -2.95. The van der Waals surface area contributed by atoms with E-state index in [-0.39, 0.29) is 6.03 Å². The molecule has 5 heteroatoms. The van der Waals surface area contributed by atoms with E-state index < -0.39 is 0 Å². The van der Waals surface area contributed by atoms with Crippen molar-refractivity contribution in [2.45, 2.75) is 0 Å². The number of carbonyl (C=O) groups is 1. The Kier molecular flexibility index (Phi) is 5.43. The van der Waals surface area contributed by atoms with E-state index in [1.807, 2.05) is 36.4 Å². The molecular formula is C17H18N2O3. The highest BCUT2D eigenvalue weighted by atomic mass is 16.5. The number of amides is 2. The maximum absolute atomic E-state index is 11.8. The van der Waals surface area contributed by atoms with E-state index in [2.05, 4.69) is 10.6 Å². The Labute approximate surface area is 129 Å². The highest BCUT2D eigenvalue weighted by Crippen LogP contribution is 2.22. The molecule has 0 saturated carbocycles. The molecule has 114 valence electrons. The van der Waals surface area contributed by atoms with E-state index >= 15 is 0 Å². The number of methoxy groups -OCH3 is 2. The third kappa shape index (κ3) is 4.28. The fourth-order valence-electron chi connectivity index (χ4n) is 1.87. The summed E-state index contributed by atoms with van der Waals surface area (Å²) >= 11 is 0. The minimum atomic E-state index is -0.344. The Morgan fingerprint density at radius 2 is 1.86 bits per heavy atom. The standard InChI is InChI=1S/C17H18N2O3/c1-21-14-7-5-6-13(12-14)10-11-18-17(20)19-15-8-3-4-9-16(15)22-2/h3-12H,1-2H3,(H2,18,19,20)/b11-10+. The fraction of sp³-hybridized carbons (Fsp3) is 0.118. The van der Waals surface area contributed by atoms with Crippen LogP contribution in [0.1, 0.15) is 5.56 Å². The second-order valence-corrected chi connectivity index (χ2v) is 4.41. The first-order valence-corrected chi connectivity index (χ1v) is 6.74. The first-order valence-electron chi connectivity index (χ1n) is 6.74. The number of anilines is 1. The zero-order valence-electron chi connectivity index (χ0n) is 12.5. The Balaban J connectivity index is 1.93. The first kappa shape index (κ1) is 15.4. The summed E-state index contributed by atoms with van der Waals surface area (Å²) in [5.74, 6) is 1.37. The van der Waals surface area contributed by atoms with Crippen molar-refractivity contribution in [3.63, 3.8) is 0 Å². The molecule has 0 heterocycles. The van der Waals surface area contributed by atoms with Crippen LogP contribution in [0.25, 0.3) is 6.08 Å². The van der Waals surface area contributed by atoms with Crippen molar-refractivity contribution in [3.8, 4) is 11.5 Å². The lowest BCUT2D eigenvalue weighted by atomic mass is 10.2. The van der Waals surface area contributed by atoms with Gasteiger partial charge < -0.3 is 20.1 Å². The van der Waals surface area contributed by atoms with Gasteiger partial charge in [0, 0.05) is 6.20 Å². The molecule has 0 atom stereocenters. The van der Waals surface area contributed by atoms with Crippen LogP contribution in [-0.4, -0.2) is 20.3 Å². The van der Waals surface area contributed by atoms with Gasteiger partial charge >= 0.3 is 6.03 Å². The molecule has 2 rings (SSSR count). The van der Waals surface area contributed by atoms with Crippen LogP contribution in [0.2, 0.25) is 0 Å². The quantitative estimate of drug-likeness (QED) is 0.888. The Morgan fingerprint density at radius 1 is 1.05 bits per heavy atom. The smallest absolute Gasteiger partial charge is 0.323 e. The van der Waals surface area contributed by atoms with Crippen molar-refractivity contribution in [1.82, 2.24) is 5.32 Å². The number of hydrogen-bond acceptors (Lipinski definition) is 3. The van der Waals surface area contributed by atoms with Crippen LogP contribution in [0, 0.1) is 0 Å². The highest BCUT2D eigenvalue weighted by molar-refractivity contribution is 5.91. The molecule has 0 aliphatic heterocycles. The molecule has 0 spiro atoms. The maximum Gasteiger partial charge on any atom is 0.323 e. The zero-order valence-corrected chi connectivity index (χ0v) is 12.5. The number of hydrogen-bond donors (Lipinski definition) is 2. The topological polar surface area (TPSA) is 59.6 Å². The number of para-hydroxylation sites is 2. The van der Waals surface area contributed by atoms with Gasteiger partial charge in [0.15, 0.2) is 0 Å². The van der Waals surface area contributed by atoms with Gasteiger partial charge in [-0.05, 0) is 35.9 Å². The third-order valence-corrected chi connectivity index (χ3v) is 2.94. The van der Waals surface area contributed by atoms with Gasteiger partial charge in [0.05, 0.1) is 19.9 Å². The van der Waals surface area contributed by atoms with Crippen molar-refractivity contribution in [3.05, 3.63) is 60.3 Å². The number of benzene rings is 2. The van der Waals surface area contributed by atoms with Crippen LogP contribution in [0.3, 0.4) is 0 Å². The summed E-state index contributed by atoms with van der Waals surface area (Å²) in [6, 6.07) is 14.4. The average Bonchev–Trinajstić information content (AvgIpc) is 2.55. The third-order valence-electron chi connectivity index (χ3n) is 2.94. The van der Waals surface area contributed by atoms with Crippen LogP contribution in [0.4, 0.5) is 10.5 Å². The minimum absolute atomic E-state index is 0.344. The van der Waals surface area contributed by atoms with Gasteiger partial charge in [-0.3, -0.25) is 0 Å². The van der Waals surface area contributed by atoms with Crippen LogP contribution < -0.4 is 20.1 Å². The van der Waals surface area contributed by atoms with Crippen molar-refractivity contribution in [2.75, 3.05) is 19.5 Å². The molecular weight excluding hydrogens is 280 g/mol. The summed E-state index contributed by atoms with van der Waals surface area (Å²) in [5, 5.41) is 5.36. The molecule has 2 N–H and O–H groups in total. The first-order chi connectivity index (χ1) is 10.7. The van der Waals surface area contributed by atoms with Gasteiger partial charge in [-0.15, -0.1) is 0 Å². The molecule has 0 aliphatic carbocycles. The predicted octanol–water partition coefficient (Wildman–Crippen LogP) is 3.50. The summed E-state index contributed by atoms with van der Waals surface area (Å²) in [6.07, 6.45) is 3.35. The van der Waals surface area contributed by atoms with Crippen LogP contribution >= 0.6 is 0 Å². The van der Waals surface area contributed by atoms with E-state index in [9.17, 15) is 4.79 Å². The maximum atomic E-state index is 11.8. The molecule has 0 bridgehead atoms. The number of nitrogens with one attached hydrogen (secondary N) is 2. The van der Waals surface area contributed by atoms with E-state index in [1.54, 1.807) is 38.6 Å². The fourth-order valence-corrected chi connectivity index (χ4v) is 1.87. The summed E-state index contributed by atoms with van der Waals surface area (Å²) in [4.78, 5) is 11.8. The molecule has 22 heavy (non-hydrogen) atoms. The Morgan fingerprint density at radius 3 is 2.64 bits per heavy atom. The van der Waals surface area contributed by atoms with Gasteiger partial charge in [0.2, 0.25) is 0 Å². The lowest BCUT2D eigenvalue weighted by molar-refractivity contribution is 0.255. The molecule has 0 saturated heterocycles. The molecule has 2 aromatic rings. The van der Waals surface area contributed by atoms with E-state index in [1.165, 1.54) is 0 Å². The number of urea groups is 1. The van der Waals surface area contributed by atoms with Gasteiger partial charge in [-0.25, -0.2) is 4.79 Å². The van der Waals surface area contributed by atoms with E-state index in [0.717, 1.165) is 11.3 Å². The highest BCUT2D eigenvalue weighted by Gasteiger charge is 2.04. The number of rotatable bonds is 5. The molecule has 0 aliphatic rings. The normalized spacial score (nSPS) is 10.3. The Bertz CT molecular complexity index is 668. The second-order valence-electron chi connectivity index (χ2n) is 4.41. The predicted molar refractivity (Wildman–Crippen MR) is 87.2 cm³/mol. The largest absolute Gasteiger partial charge is 0.497 e. The average molecular weight is 298 g/mol. The molecule has 2 aromatic carbocycles. The van der Waals surface area contributed by atoms with Crippen molar-refractivity contribution in [1.29, 1.82) is 0 Å². The SMILES string of the molecule is COc1cccc(/C=C/NC(=O)Nc2ccccc2OC)c1. The van der Waals surface area contributed by atoms with Gasteiger partial charge in [0.25, 0.3) is 0 Å². The van der Waals surface area contributed by atoms with Crippen molar-refractivity contribution in [2.24, 2.45) is 0 Å². The van der Waals surface area contributed by atoms with E-state index in [0.29, 0.717) is 11.4 Å². The van der Waals surface area contributed by atoms with Crippen LogP contribution in [-0.2, 0) is 0 Å². The van der Waals surface area contributed by atoms with Crippen molar-refractivity contribution < 1.29 is 14.3 Å². The lowest BCUT2D eigenvalue weighted by Crippen LogP contribution is -2.23. The lowest BCUT2D eigenvalue weighted by Gasteiger charge is -2.09. The molecule has 0 aromatic heterocycles. The van der Waals surface area contributed by atoms with Crippen LogP contribution in [0.15, 0.2) is 54.7 Å². The monoisotopic (exact) mass is 298 g/mol. The minimum Gasteiger partial charge on any atom is -0.497 e. The molecule has 2 amide bonds. The van der Waals surface area contributed by atoms with Gasteiger partial charge in [-0.1, -0.05) is 24.3 Å². The molecule has 0 fully saturated rings. The molecule has 0 unspecified atom stereocenters. The van der Waals surface area contributed by atoms with Crippen LogP contribution in [0.5, 0.6) is 11.5 Å². The van der Waals surface area contributed by atoms with Crippen molar-refractivity contribution >= 4 is 17.8 Å². The molecule has 5 nitrogen and oxygen atoms in total. The van der Waals surface area contributed by atoms with E-state index in [4.69, 9.17) is 9.47 Å². The summed E-state index contributed by atoms with van der Waals surface area (Å²) in [6.45, 7) is 0. The zero-order chi connectivity index (χ0) is 15.8. The molecule has 0 radical (unpaired) electrons. The number of carbonyl (C=O) groups excluding carboxylic acids is 1. The number of ether oxygens (including phenoxy) is 2. The summed E-state index contributed by atoms with van der Waals surface area (Å²) in [5.41, 5.74) is 1.54. The van der Waals surface area contributed by atoms with Gasteiger partial charge in [0.1, 0.15) is 11.5 Å². The summed E-state index contributed by atoms with van der Waals surface area (Å²) in [7, 11) is 3.17. The second kappa shape index (κ2) is 7.73.